The van der Waals surface area contributed by atoms with Crippen molar-refractivity contribution >= 4 is 5.96 Å². The first-order valence-corrected chi connectivity index (χ1v) is 8.11. The van der Waals surface area contributed by atoms with Gasteiger partial charge >= 0.3 is 0 Å². The maximum atomic E-state index is 5.86. The second kappa shape index (κ2) is 8.47. The highest BCUT2D eigenvalue weighted by atomic mass is 16.5. The Hall–Kier alpha value is -0.810. The third-order valence-electron chi connectivity index (χ3n) is 3.92. The number of hydrogen-bond acceptors (Lipinski definition) is 3. The lowest BCUT2D eigenvalue weighted by Gasteiger charge is -2.22. The van der Waals surface area contributed by atoms with E-state index in [0.29, 0.717) is 31.4 Å². The highest BCUT2D eigenvalue weighted by Gasteiger charge is 2.41. The fourth-order valence-corrected chi connectivity index (χ4v) is 2.86. The van der Waals surface area contributed by atoms with E-state index in [4.69, 9.17) is 9.47 Å². The zero-order valence-electron chi connectivity index (χ0n) is 12.9. The van der Waals surface area contributed by atoms with Crippen molar-refractivity contribution in [3.63, 3.8) is 0 Å². The van der Waals surface area contributed by atoms with Gasteiger partial charge in [0.1, 0.15) is 0 Å². The Morgan fingerprint density at radius 2 is 2.20 bits per heavy atom. The first-order chi connectivity index (χ1) is 9.83. The van der Waals surface area contributed by atoms with E-state index in [1.807, 2.05) is 0 Å². The quantitative estimate of drug-likeness (QED) is 0.404. The molecule has 2 aliphatic rings. The van der Waals surface area contributed by atoms with Gasteiger partial charge in [-0.2, -0.15) is 0 Å². The summed E-state index contributed by atoms with van der Waals surface area (Å²) in [6.07, 6.45) is 6.68. The van der Waals surface area contributed by atoms with Gasteiger partial charge in [-0.15, -0.1) is 0 Å². The molecule has 2 N–H and O–H groups in total. The van der Waals surface area contributed by atoms with Crippen LogP contribution in [0.3, 0.4) is 0 Å². The number of nitrogens with zero attached hydrogens (tertiary/aromatic N) is 1. The average molecular weight is 283 g/mol. The summed E-state index contributed by atoms with van der Waals surface area (Å²) < 4.78 is 11.4. The summed E-state index contributed by atoms with van der Waals surface area (Å²) in [5.41, 5.74) is 0. The van der Waals surface area contributed by atoms with Crippen LogP contribution in [0.25, 0.3) is 0 Å². The molecule has 116 valence electrons. The molecule has 2 saturated heterocycles. The van der Waals surface area contributed by atoms with E-state index in [1.165, 1.54) is 19.3 Å². The summed E-state index contributed by atoms with van der Waals surface area (Å²) in [5, 5.41) is 6.81. The monoisotopic (exact) mass is 283 g/mol. The van der Waals surface area contributed by atoms with Crippen molar-refractivity contribution in [2.45, 2.75) is 64.2 Å². The molecule has 3 atom stereocenters. The van der Waals surface area contributed by atoms with Gasteiger partial charge in [0.25, 0.3) is 0 Å². The molecule has 0 aliphatic carbocycles. The van der Waals surface area contributed by atoms with Gasteiger partial charge in [0, 0.05) is 13.2 Å². The number of unbranched alkanes of at least 4 members (excludes halogenated alkanes) is 1. The molecule has 0 aromatic heterocycles. The van der Waals surface area contributed by atoms with Gasteiger partial charge < -0.3 is 20.1 Å². The molecule has 2 bridgehead atoms. The Labute approximate surface area is 122 Å². The predicted octanol–water partition coefficient (Wildman–Crippen LogP) is 1.68. The minimum Gasteiger partial charge on any atom is -0.380 e. The summed E-state index contributed by atoms with van der Waals surface area (Å²) in [6, 6.07) is 0.424. The van der Waals surface area contributed by atoms with Crippen molar-refractivity contribution in [3.05, 3.63) is 0 Å². The smallest absolute Gasteiger partial charge is 0.191 e. The van der Waals surface area contributed by atoms with Crippen LogP contribution in [0.1, 0.15) is 46.0 Å². The summed E-state index contributed by atoms with van der Waals surface area (Å²) in [7, 11) is 0. The fraction of sp³-hybridized carbons (Fsp3) is 0.933. The third-order valence-corrected chi connectivity index (χ3v) is 3.92. The molecule has 20 heavy (non-hydrogen) atoms. The Bertz CT molecular complexity index is 309. The number of guanidine groups is 1. The van der Waals surface area contributed by atoms with Crippen molar-refractivity contribution in [1.29, 1.82) is 0 Å². The molecule has 5 nitrogen and oxygen atoms in total. The van der Waals surface area contributed by atoms with Gasteiger partial charge in [0.05, 0.1) is 31.4 Å². The zero-order valence-corrected chi connectivity index (χ0v) is 12.9. The number of ether oxygens (including phenoxy) is 2. The van der Waals surface area contributed by atoms with Crippen molar-refractivity contribution in [2.24, 2.45) is 4.99 Å². The Morgan fingerprint density at radius 1 is 1.30 bits per heavy atom. The molecule has 2 aliphatic heterocycles. The van der Waals surface area contributed by atoms with Crippen LogP contribution in [-0.4, -0.2) is 50.5 Å². The highest BCUT2D eigenvalue weighted by molar-refractivity contribution is 5.80. The van der Waals surface area contributed by atoms with E-state index in [0.717, 1.165) is 32.0 Å². The maximum Gasteiger partial charge on any atom is 0.191 e. The largest absolute Gasteiger partial charge is 0.380 e. The van der Waals surface area contributed by atoms with Crippen molar-refractivity contribution in [1.82, 2.24) is 10.6 Å². The molecule has 2 fully saturated rings. The van der Waals surface area contributed by atoms with E-state index in [2.05, 4.69) is 29.5 Å². The van der Waals surface area contributed by atoms with E-state index >= 15 is 0 Å². The SMILES string of the molecule is CCCCOCCN=C(NCC)NC1CC2CCC1O2. The third kappa shape index (κ3) is 4.63. The van der Waals surface area contributed by atoms with Crippen LogP contribution in [0.4, 0.5) is 0 Å². The van der Waals surface area contributed by atoms with Crippen LogP contribution in [0.2, 0.25) is 0 Å². The Morgan fingerprint density at radius 3 is 2.85 bits per heavy atom. The van der Waals surface area contributed by atoms with Gasteiger partial charge in [-0.1, -0.05) is 13.3 Å². The summed E-state index contributed by atoms with van der Waals surface area (Å²) in [4.78, 5) is 4.57. The van der Waals surface area contributed by atoms with Crippen molar-refractivity contribution < 1.29 is 9.47 Å². The molecule has 3 unspecified atom stereocenters. The van der Waals surface area contributed by atoms with Crippen LogP contribution in [0, 0.1) is 0 Å². The number of fused-ring (bicyclic) bond motifs is 2. The molecule has 0 spiro atoms. The molecule has 0 saturated carbocycles. The lowest BCUT2D eigenvalue weighted by atomic mass is 9.96. The second-order valence-corrected chi connectivity index (χ2v) is 5.59. The number of hydrogen-bond donors (Lipinski definition) is 2. The van der Waals surface area contributed by atoms with Gasteiger partial charge in [-0.25, -0.2) is 0 Å². The minimum atomic E-state index is 0.379. The van der Waals surface area contributed by atoms with Crippen LogP contribution in [0.5, 0.6) is 0 Å². The molecule has 5 heteroatoms. The van der Waals surface area contributed by atoms with Crippen LogP contribution in [0.15, 0.2) is 4.99 Å². The first-order valence-electron chi connectivity index (χ1n) is 8.11. The molecule has 0 aromatic carbocycles. The lowest BCUT2D eigenvalue weighted by Crippen LogP contribution is -2.47. The van der Waals surface area contributed by atoms with Crippen LogP contribution in [-0.2, 0) is 9.47 Å². The molecular formula is C15H29N3O2. The topological polar surface area (TPSA) is 54.9 Å². The number of aliphatic imine (C=N–C) groups is 1. The standard InChI is InChI=1S/C15H29N3O2/c1-3-5-9-19-10-8-17-15(16-4-2)18-13-11-12-6-7-14(13)20-12/h12-14H,3-11H2,1-2H3,(H2,16,17,18). The lowest BCUT2D eigenvalue weighted by molar-refractivity contribution is 0.0992. The molecule has 0 aromatic rings. The number of rotatable bonds is 8. The molecule has 0 radical (unpaired) electrons. The summed E-state index contributed by atoms with van der Waals surface area (Å²) in [6.45, 7) is 7.39. The Kier molecular flexibility index (Phi) is 6.60. The van der Waals surface area contributed by atoms with Crippen molar-refractivity contribution in [2.75, 3.05) is 26.3 Å². The van der Waals surface area contributed by atoms with Gasteiger partial charge in [-0.05, 0) is 32.6 Å². The summed E-state index contributed by atoms with van der Waals surface area (Å²) >= 11 is 0. The fourth-order valence-electron chi connectivity index (χ4n) is 2.86. The molecule has 0 amide bonds. The predicted molar refractivity (Wildman–Crippen MR) is 81.1 cm³/mol. The van der Waals surface area contributed by atoms with E-state index in [-0.39, 0.29) is 0 Å². The van der Waals surface area contributed by atoms with Crippen LogP contribution < -0.4 is 10.6 Å². The van der Waals surface area contributed by atoms with E-state index in [9.17, 15) is 0 Å². The van der Waals surface area contributed by atoms with Crippen molar-refractivity contribution in [3.8, 4) is 0 Å². The van der Waals surface area contributed by atoms with Gasteiger partial charge in [0.2, 0.25) is 0 Å². The first kappa shape index (κ1) is 15.6. The second-order valence-electron chi connectivity index (χ2n) is 5.59. The highest BCUT2D eigenvalue weighted by Crippen LogP contribution is 2.34. The Balaban J connectivity index is 1.69. The van der Waals surface area contributed by atoms with E-state index < -0.39 is 0 Å². The molecular weight excluding hydrogens is 254 g/mol. The maximum absolute atomic E-state index is 5.86. The molecule has 2 rings (SSSR count). The normalized spacial score (nSPS) is 28.9. The minimum absolute atomic E-state index is 0.379. The van der Waals surface area contributed by atoms with Gasteiger partial charge in [0.15, 0.2) is 5.96 Å². The van der Waals surface area contributed by atoms with E-state index in [1.54, 1.807) is 0 Å². The van der Waals surface area contributed by atoms with Crippen LogP contribution >= 0.6 is 0 Å². The summed E-state index contributed by atoms with van der Waals surface area (Å²) in [5.74, 6) is 0.896. The van der Waals surface area contributed by atoms with Gasteiger partial charge in [-0.3, -0.25) is 4.99 Å². The number of nitrogens with one attached hydrogen (secondary N) is 2. The zero-order chi connectivity index (χ0) is 14.2. The average Bonchev–Trinajstić information content (AvgIpc) is 3.05. The molecule has 2 heterocycles.